The molecule has 36 heavy (non-hydrogen) atoms. The Bertz CT molecular complexity index is 1260. The first kappa shape index (κ1) is 25.5. The largest absolute Gasteiger partial charge is 0.465 e. The summed E-state index contributed by atoms with van der Waals surface area (Å²) < 4.78 is 46.4. The molecule has 1 aliphatic carbocycles. The van der Waals surface area contributed by atoms with Crippen molar-refractivity contribution in [2.24, 2.45) is 0 Å². The van der Waals surface area contributed by atoms with E-state index in [1.807, 2.05) is 0 Å². The number of rotatable bonds is 7. The van der Waals surface area contributed by atoms with Crippen LogP contribution in [-0.4, -0.2) is 81.8 Å². The number of sulfonamides is 1. The predicted molar refractivity (Wildman–Crippen MR) is 128 cm³/mol. The molecule has 198 valence electrons. The number of carboxylic acid groups (broad SMARTS) is 1. The van der Waals surface area contributed by atoms with Gasteiger partial charge in [0.2, 0.25) is 15.3 Å². The van der Waals surface area contributed by atoms with Gasteiger partial charge in [-0.1, -0.05) is 12.8 Å². The molecule has 0 radical (unpaired) electrons. The quantitative estimate of drug-likeness (QED) is 0.495. The summed E-state index contributed by atoms with van der Waals surface area (Å²) in [5, 5.41) is 14.7. The SMILES string of the molecule is CCS(=O)(=O)NC[C@H]1O[C@@H](n2ncc3c(N(C(=O)O)C4CCCC4)nc(Cl)nc32)[C@@H]2OC(C)(C)O[C@@H]21. The third-order valence-corrected chi connectivity index (χ3v) is 8.32. The highest BCUT2D eigenvalue weighted by atomic mass is 35.5. The maximum atomic E-state index is 12.2. The lowest BCUT2D eigenvalue weighted by Crippen LogP contribution is -2.40. The van der Waals surface area contributed by atoms with E-state index < -0.39 is 46.4 Å². The van der Waals surface area contributed by atoms with Gasteiger partial charge in [0.05, 0.1) is 17.3 Å². The normalized spacial score (nSPS) is 28.1. The summed E-state index contributed by atoms with van der Waals surface area (Å²) in [6.07, 6.45) is 1.01. The van der Waals surface area contributed by atoms with Crippen LogP contribution in [0.25, 0.3) is 11.0 Å². The Balaban J connectivity index is 1.52. The van der Waals surface area contributed by atoms with Crippen molar-refractivity contribution in [3.8, 4) is 0 Å². The first-order chi connectivity index (χ1) is 17.0. The van der Waals surface area contributed by atoms with Gasteiger partial charge in [-0.15, -0.1) is 0 Å². The number of ether oxygens (including phenoxy) is 3. The van der Waals surface area contributed by atoms with Crippen LogP contribution >= 0.6 is 11.6 Å². The lowest BCUT2D eigenvalue weighted by Gasteiger charge is -2.26. The summed E-state index contributed by atoms with van der Waals surface area (Å²) in [7, 11) is -3.46. The van der Waals surface area contributed by atoms with E-state index in [9.17, 15) is 18.3 Å². The fourth-order valence-electron chi connectivity index (χ4n) is 5.17. The maximum Gasteiger partial charge on any atom is 0.413 e. The molecule has 0 aromatic carbocycles. The van der Waals surface area contributed by atoms with Crippen molar-refractivity contribution in [3.63, 3.8) is 0 Å². The molecule has 4 heterocycles. The number of halogens is 1. The summed E-state index contributed by atoms with van der Waals surface area (Å²) >= 11 is 6.26. The molecule has 0 unspecified atom stereocenters. The van der Waals surface area contributed by atoms with Crippen LogP contribution in [0.2, 0.25) is 5.28 Å². The highest BCUT2D eigenvalue weighted by Gasteiger charge is 2.56. The molecule has 15 heteroatoms. The standard InChI is InChI=1S/C21H29ClN6O7S/c1-4-36(31,32)24-10-13-14-15(35-21(2,3)34-14)18(33-13)28-17-12(9-23-28)16(25-19(22)26-17)27(20(29)30)11-7-5-6-8-11/h9,11,13-15,18,24H,4-8,10H2,1-3H3,(H,29,30)/t13-,14-,15-,18-/m1/s1. The van der Waals surface area contributed by atoms with Crippen LogP contribution in [0.5, 0.6) is 0 Å². The van der Waals surface area contributed by atoms with Crippen LogP contribution in [-0.2, 0) is 24.2 Å². The topological polar surface area (TPSA) is 158 Å². The number of fused-ring (bicyclic) bond motifs is 2. The molecule has 0 bridgehead atoms. The monoisotopic (exact) mass is 544 g/mol. The fraction of sp³-hybridized carbons (Fsp3) is 0.714. The van der Waals surface area contributed by atoms with Gasteiger partial charge >= 0.3 is 6.09 Å². The number of hydrogen-bond acceptors (Lipinski definition) is 9. The number of aromatic nitrogens is 4. The lowest BCUT2D eigenvalue weighted by molar-refractivity contribution is -0.196. The highest BCUT2D eigenvalue weighted by Crippen LogP contribution is 2.44. The Labute approximate surface area is 213 Å². The maximum absolute atomic E-state index is 12.2. The zero-order valence-corrected chi connectivity index (χ0v) is 21.7. The van der Waals surface area contributed by atoms with Gasteiger partial charge in [-0.3, -0.25) is 4.90 Å². The van der Waals surface area contributed by atoms with Crippen LogP contribution in [0.4, 0.5) is 10.6 Å². The molecule has 1 saturated carbocycles. The number of nitrogens with one attached hydrogen (secondary N) is 1. The number of amides is 1. The second kappa shape index (κ2) is 9.33. The van der Waals surface area contributed by atoms with Crippen LogP contribution in [0, 0.1) is 0 Å². The molecule has 3 aliphatic rings. The summed E-state index contributed by atoms with van der Waals surface area (Å²) in [6.45, 7) is 5.06. The van der Waals surface area contributed by atoms with Gasteiger partial charge in [0, 0.05) is 12.6 Å². The lowest BCUT2D eigenvalue weighted by atomic mass is 10.1. The van der Waals surface area contributed by atoms with E-state index >= 15 is 0 Å². The molecule has 1 amide bonds. The predicted octanol–water partition coefficient (Wildman–Crippen LogP) is 2.26. The van der Waals surface area contributed by atoms with Crippen LogP contribution < -0.4 is 9.62 Å². The Morgan fingerprint density at radius 2 is 1.97 bits per heavy atom. The molecule has 2 aromatic heterocycles. The van der Waals surface area contributed by atoms with E-state index in [2.05, 4.69) is 19.8 Å². The molecule has 3 fully saturated rings. The molecule has 2 aromatic rings. The van der Waals surface area contributed by atoms with Crippen molar-refractivity contribution >= 4 is 44.6 Å². The second-order valence-electron chi connectivity index (χ2n) is 9.62. The molecule has 0 spiro atoms. The molecule has 2 aliphatic heterocycles. The van der Waals surface area contributed by atoms with Gasteiger partial charge in [0.25, 0.3) is 0 Å². The third-order valence-electron chi connectivity index (χ3n) is 6.78. The Morgan fingerprint density at radius 1 is 1.28 bits per heavy atom. The minimum absolute atomic E-state index is 0.0120. The number of nitrogens with zero attached hydrogens (tertiary/aromatic N) is 5. The minimum Gasteiger partial charge on any atom is -0.465 e. The Kier molecular flexibility index (Phi) is 6.62. The van der Waals surface area contributed by atoms with E-state index in [1.54, 1.807) is 20.8 Å². The molecule has 2 N–H and O–H groups in total. The van der Waals surface area contributed by atoms with E-state index in [0.29, 0.717) is 5.39 Å². The van der Waals surface area contributed by atoms with Gasteiger partial charge in [0.1, 0.15) is 18.3 Å². The number of hydrogen-bond donors (Lipinski definition) is 2. The number of carbonyl (C=O) groups is 1. The average molecular weight is 545 g/mol. The summed E-state index contributed by atoms with van der Waals surface area (Å²) in [5.41, 5.74) is 0.279. The highest BCUT2D eigenvalue weighted by molar-refractivity contribution is 7.89. The second-order valence-corrected chi connectivity index (χ2v) is 12.0. The van der Waals surface area contributed by atoms with E-state index in [1.165, 1.54) is 15.8 Å². The first-order valence-electron chi connectivity index (χ1n) is 11.9. The smallest absolute Gasteiger partial charge is 0.413 e. The van der Waals surface area contributed by atoms with Crippen molar-refractivity contribution in [2.75, 3.05) is 17.2 Å². The van der Waals surface area contributed by atoms with Gasteiger partial charge < -0.3 is 19.3 Å². The van der Waals surface area contributed by atoms with Crippen LogP contribution in [0.15, 0.2) is 6.20 Å². The fourth-order valence-corrected chi connectivity index (χ4v) is 5.95. The zero-order valence-electron chi connectivity index (χ0n) is 20.1. The van der Waals surface area contributed by atoms with Crippen molar-refractivity contribution in [1.82, 2.24) is 24.5 Å². The minimum atomic E-state index is -3.46. The van der Waals surface area contributed by atoms with E-state index in [4.69, 9.17) is 25.8 Å². The zero-order chi connectivity index (χ0) is 25.8. The molecule has 5 rings (SSSR count). The van der Waals surface area contributed by atoms with Crippen LogP contribution in [0.3, 0.4) is 0 Å². The number of anilines is 1. The van der Waals surface area contributed by atoms with Gasteiger partial charge in [-0.25, -0.2) is 22.6 Å². The van der Waals surface area contributed by atoms with Crippen molar-refractivity contribution in [1.29, 1.82) is 0 Å². The molecule has 13 nitrogen and oxygen atoms in total. The van der Waals surface area contributed by atoms with Gasteiger partial charge in [-0.05, 0) is 45.2 Å². The van der Waals surface area contributed by atoms with Gasteiger partial charge in [-0.2, -0.15) is 15.1 Å². The summed E-state index contributed by atoms with van der Waals surface area (Å²) in [4.78, 5) is 22.0. The van der Waals surface area contributed by atoms with Crippen molar-refractivity contribution in [3.05, 3.63) is 11.5 Å². The molecular formula is C21H29ClN6O7S. The summed E-state index contributed by atoms with van der Waals surface area (Å²) in [5.74, 6) is -0.826. The Hall–Kier alpha value is -2.10. The van der Waals surface area contributed by atoms with Crippen molar-refractivity contribution < 1.29 is 32.5 Å². The molecule has 2 saturated heterocycles. The van der Waals surface area contributed by atoms with E-state index in [0.717, 1.165) is 25.7 Å². The Morgan fingerprint density at radius 3 is 2.64 bits per heavy atom. The van der Waals surface area contributed by atoms with Crippen molar-refractivity contribution in [2.45, 2.75) is 82.8 Å². The van der Waals surface area contributed by atoms with Gasteiger partial charge in [0.15, 0.2) is 23.5 Å². The third kappa shape index (κ3) is 4.65. The summed E-state index contributed by atoms with van der Waals surface area (Å²) in [6, 6.07) is -0.213. The van der Waals surface area contributed by atoms with E-state index in [-0.39, 0.29) is 35.1 Å². The molecule has 4 atom stereocenters. The average Bonchev–Trinajstić information content (AvgIpc) is 3.57. The molecular weight excluding hydrogens is 516 g/mol. The first-order valence-corrected chi connectivity index (χ1v) is 13.9. The van der Waals surface area contributed by atoms with Crippen LogP contribution in [0.1, 0.15) is 52.7 Å².